The first-order valence-electron chi connectivity index (χ1n) is 14.1. The minimum absolute atomic E-state index is 0.0548. The second kappa shape index (κ2) is 10.9. The van der Waals surface area contributed by atoms with Crippen molar-refractivity contribution in [3.8, 4) is 0 Å². The molecule has 3 amide bonds. The highest BCUT2D eigenvalue weighted by atomic mass is 16.6. The van der Waals surface area contributed by atoms with Gasteiger partial charge in [-0.2, -0.15) is 0 Å². The van der Waals surface area contributed by atoms with Crippen LogP contribution in [0.15, 0.2) is 42.5 Å². The van der Waals surface area contributed by atoms with Crippen LogP contribution in [0.25, 0.3) is 0 Å². The summed E-state index contributed by atoms with van der Waals surface area (Å²) in [6, 6.07) is 13.5. The minimum atomic E-state index is -0.593. The van der Waals surface area contributed by atoms with Gasteiger partial charge < -0.3 is 24.8 Å². The largest absolute Gasteiger partial charge is 0.444 e. The lowest BCUT2D eigenvalue weighted by molar-refractivity contribution is -0.117. The number of hydrogen-bond donors (Lipinski definition) is 1. The molecule has 1 unspecified atom stereocenters. The van der Waals surface area contributed by atoms with E-state index in [9.17, 15) is 14.4 Å². The molecule has 0 spiro atoms. The molecular formula is C31H40N4O4. The lowest BCUT2D eigenvalue weighted by Crippen LogP contribution is -2.53. The average molecular weight is 533 g/mol. The van der Waals surface area contributed by atoms with Crippen LogP contribution in [0.5, 0.6) is 0 Å². The van der Waals surface area contributed by atoms with Crippen LogP contribution in [0, 0.1) is 12.8 Å². The van der Waals surface area contributed by atoms with Crippen molar-refractivity contribution in [2.45, 2.75) is 65.0 Å². The van der Waals surface area contributed by atoms with E-state index in [0.29, 0.717) is 25.2 Å². The molecule has 2 aromatic rings. The number of hydrogen-bond acceptors (Lipinski definition) is 5. The van der Waals surface area contributed by atoms with E-state index in [-0.39, 0.29) is 29.9 Å². The summed E-state index contributed by atoms with van der Waals surface area (Å²) >= 11 is 0. The van der Waals surface area contributed by atoms with Crippen LogP contribution < -0.4 is 10.2 Å². The number of piperazine rings is 1. The van der Waals surface area contributed by atoms with Crippen molar-refractivity contribution in [1.82, 2.24) is 9.80 Å². The number of amides is 3. The van der Waals surface area contributed by atoms with Crippen molar-refractivity contribution >= 4 is 29.3 Å². The summed E-state index contributed by atoms with van der Waals surface area (Å²) in [7, 11) is 0. The summed E-state index contributed by atoms with van der Waals surface area (Å²) < 4.78 is 5.66. The maximum absolute atomic E-state index is 14.3. The van der Waals surface area contributed by atoms with Gasteiger partial charge in [-0.25, -0.2) is 4.79 Å². The van der Waals surface area contributed by atoms with Gasteiger partial charge in [0.1, 0.15) is 5.60 Å². The zero-order valence-electron chi connectivity index (χ0n) is 23.5. The van der Waals surface area contributed by atoms with E-state index in [4.69, 9.17) is 4.74 Å². The molecule has 0 bridgehead atoms. The first kappa shape index (κ1) is 27.0. The first-order chi connectivity index (χ1) is 18.6. The predicted molar refractivity (Wildman–Crippen MR) is 152 cm³/mol. The molecule has 1 N–H and O–H groups in total. The number of anilines is 2. The van der Waals surface area contributed by atoms with Crippen LogP contribution >= 0.6 is 0 Å². The van der Waals surface area contributed by atoms with Gasteiger partial charge >= 0.3 is 6.09 Å². The maximum atomic E-state index is 14.3. The Kier molecular flexibility index (Phi) is 7.56. The highest BCUT2D eigenvalue weighted by molar-refractivity contribution is 6.02. The van der Waals surface area contributed by atoms with E-state index in [0.717, 1.165) is 61.3 Å². The van der Waals surface area contributed by atoms with Gasteiger partial charge in [0.05, 0.1) is 17.3 Å². The zero-order chi connectivity index (χ0) is 27.7. The Bertz CT molecular complexity index is 1240. The Morgan fingerprint density at radius 3 is 2.36 bits per heavy atom. The van der Waals surface area contributed by atoms with Gasteiger partial charge in [-0.05, 0) is 77.1 Å². The van der Waals surface area contributed by atoms with Gasteiger partial charge in [-0.1, -0.05) is 29.8 Å². The van der Waals surface area contributed by atoms with Crippen LogP contribution in [0.1, 0.15) is 74.0 Å². The monoisotopic (exact) mass is 532 g/mol. The van der Waals surface area contributed by atoms with Crippen LogP contribution in [-0.4, -0.2) is 66.0 Å². The summed E-state index contributed by atoms with van der Waals surface area (Å²) in [6.07, 6.45) is 3.67. The molecule has 1 aliphatic carbocycles. The lowest BCUT2D eigenvalue weighted by Gasteiger charge is -2.42. The normalized spacial score (nSPS) is 19.7. The van der Waals surface area contributed by atoms with Gasteiger partial charge in [-0.15, -0.1) is 0 Å². The fourth-order valence-corrected chi connectivity index (χ4v) is 5.44. The molecule has 0 aromatic heterocycles. The third-order valence-corrected chi connectivity index (χ3v) is 7.61. The van der Waals surface area contributed by atoms with Gasteiger partial charge in [0, 0.05) is 44.3 Å². The predicted octanol–water partition coefficient (Wildman–Crippen LogP) is 5.38. The molecule has 5 rings (SSSR count). The Morgan fingerprint density at radius 1 is 0.949 bits per heavy atom. The highest BCUT2D eigenvalue weighted by Gasteiger charge is 2.37. The maximum Gasteiger partial charge on any atom is 0.410 e. The minimum Gasteiger partial charge on any atom is -0.444 e. The topological polar surface area (TPSA) is 82.2 Å². The van der Waals surface area contributed by atoms with Crippen LogP contribution in [0.3, 0.4) is 0 Å². The SMILES string of the molecule is Cc1cccc(C2CN(C(=O)OC(C)(C)C)CCN2C(=O)c2ccc(NC(=O)C3CC3)cc2N2CCCC2)c1. The fraction of sp³-hybridized carbons (Fsp3) is 0.516. The first-order valence-corrected chi connectivity index (χ1v) is 14.1. The third kappa shape index (κ3) is 6.37. The highest BCUT2D eigenvalue weighted by Crippen LogP contribution is 2.35. The molecule has 39 heavy (non-hydrogen) atoms. The molecule has 2 heterocycles. The number of rotatable bonds is 5. The van der Waals surface area contributed by atoms with Crippen molar-refractivity contribution in [1.29, 1.82) is 0 Å². The van der Waals surface area contributed by atoms with Crippen molar-refractivity contribution in [3.63, 3.8) is 0 Å². The number of aryl methyl sites for hydroxylation is 1. The number of ether oxygens (including phenoxy) is 1. The Labute approximate surface area is 231 Å². The molecule has 8 nitrogen and oxygen atoms in total. The van der Waals surface area contributed by atoms with E-state index in [1.807, 2.05) is 69.0 Å². The van der Waals surface area contributed by atoms with Gasteiger partial charge in [0.25, 0.3) is 5.91 Å². The molecule has 208 valence electrons. The Hall–Kier alpha value is -3.55. The lowest BCUT2D eigenvalue weighted by atomic mass is 9.98. The van der Waals surface area contributed by atoms with E-state index in [1.165, 1.54) is 0 Å². The molecule has 2 saturated heterocycles. The quantitative estimate of drug-likeness (QED) is 0.559. The van der Waals surface area contributed by atoms with Crippen molar-refractivity contribution < 1.29 is 19.1 Å². The number of carbonyl (C=O) groups excluding carboxylic acids is 3. The van der Waals surface area contributed by atoms with Crippen LogP contribution in [0.4, 0.5) is 16.2 Å². The summed E-state index contributed by atoms with van der Waals surface area (Å²) in [5, 5.41) is 3.04. The van der Waals surface area contributed by atoms with E-state index in [1.54, 1.807) is 4.90 Å². The van der Waals surface area contributed by atoms with Crippen molar-refractivity contribution in [2.75, 3.05) is 42.9 Å². The smallest absolute Gasteiger partial charge is 0.410 e. The molecule has 2 aromatic carbocycles. The molecule has 3 fully saturated rings. The van der Waals surface area contributed by atoms with Gasteiger partial charge in [0.2, 0.25) is 5.91 Å². The third-order valence-electron chi connectivity index (χ3n) is 7.61. The molecule has 2 aliphatic heterocycles. The summed E-state index contributed by atoms with van der Waals surface area (Å²) in [5.74, 6) is 0.101. The van der Waals surface area contributed by atoms with Gasteiger partial charge in [-0.3, -0.25) is 9.59 Å². The van der Waals surface area contributed by atoms with Crippen molar-refractivity contribution in [3.05, 3.63) is 59.2 Å². The average Bonchev–Trinajstić information content (AvgIpc) is 3.61. The molecule has 3 aliphatic rings. The number of nitrogens with one attached hydrogen (secondary N) is 1. The Morgan fingerprint density at radius 2 is 1.69 bits per heavy atom. The van der Waals surface area contributed by atoms with Crippen molar-refractivity contribution in [2.24, 2.45) is 5.92 Å². The fourth-order valence-electron chi connectivity index (χ4n) is 5.44. The van der Waals surface area contributed by atoms with E-state index in [2.05, 4.69) is 16.3 Å². The van der Waals surface area contributed by atoms with Crippen LogP contribution in [0.2, 0.25) is 0 Å². The standard InChI is InChI=1S/C31H40N4O4/c1-21-8-7-9-23(18-21)27-20-34(30(38)39-31(2,3)4)16-17-35(27)29(37)25-13-12-24(32-28(36)22-10-11-22)19-26(25)33-14-5-6-15-33/h7-9,12-13,18-19,22,27H,5-6,10-11,14-17,20H2,1-4H3,(H,32,36). The van der Waals surface area contributed by atoms with Crippen LogP contribution in [-0.2, 0) is 9.53 Å². The Balaban J connectivity index is 1.45. The number of benzene rings is 2. The molecule has 0 radical (unpaired) electrons. The molecule has 1 saturated carbocycles. The summed E-state index contributed by atoms with van der Waals surface area (Å²) in [5.41, 5.74) is 3.73. The van der Waals surface area contributed by atoms with E-state index < -0.39 is 5.60 Å². The summed E-state index contributed by atoms with van der Waals surface area (Å²) in [6.45, 7) is 10.5. The van der Waals surface area contributed by atoms with E-state index >= 15 is 0 Å². The summed E-state index contributed by atoms with van der Waals surface area (Å²) in [4.78, 5) is 45.5. The van der Waals surface area contributed by atoms with Gasteiger partial charge in [0.15, 0.2) is 0 Å². The number of carbonyl (C=O) groups is 3. The molecule has 1 atom stereocenters. The molecular weight excluding hydrogens is 492 g/mol. The zero-order valence-corrected chi connectivity index (χ0v) is 23.5. The second-order valence-corrected chi connectivity index (χ2v) is 12.0. The molecule has 8 heteroatoms. The number of nitrogens with zero attached hydrogens (tertiary/aromatic N) is 3. The second-order valence-electron chi connectivity index (χ2n) is 12.0.